The lowest BCUT2D eigenvalue weighted by atomic mass is 10.1. The van der Waals surface area contributed by atoms with Crippen molar-refractivity contribution in [2.45, 2.75) is 51.2 Å². The molecular weight excluding hydrogens is 166 g/mol. The molecule has 3 atom stereocenters. The molecule has 1 aliphatic heterocycles. The highest BCUT2D eigenvalue weighted by molar-refractivity contribution is 8.01. The van der Waals surface area contributed by atoms with Gasteiger partial charge in [0, 0.05) is 11.0 Å². The Bertz CT molecular complexity index is 177. The summed E-state index contributed by atoms with van der Waals surface area (Å²) in [6.45, 7) is 8.96. The molecule has 2 heteroatoms. The number of rotatable bonds is 3. The second kappa shape index (κ2) is 4.31. The number of thioether (sulfide) groups is 1. The molecule has 0 radical (unpaired) electrons. The van der Waals surface area contributed by atoms with E-state index in [1.807, 2.05) is 11.8 Å². The molecule has 0 saturated carbocycles. The van der Waals surface area contributed by atoms with Crippen LogP contribution in [0.2, 0.25) is 0 Å². The Morgan fingerprint density at radius 1 is 1.50 bits per heavy atom. The lowest BCUT2D eigenvalue weighted by Crippen LogP contribution is -2.10. The maximum Gasteiger partial charge on any atom is 0.0982 e. The molecule has 12 heavy (non-hydrogen) atoms. The van der Waals surface area contributed by atoms with Gasteiger partial charge in [-0.25, -0.2) is 0 Å². The minimum Gasteiger partial charge on any atom is -0.279 e. The minimum atomic E-state index is 0.542. The van der Waals surface area contributed by atoms with Crippen LogP contribution in [0.3, 0.4) is 0 Å². The van der Waals surface area contributed by atoms with E-state index in [1.54, 1.807) is 0 Å². The molecule has 0 amide bonds. The fourth-order valence-corrected chi connectivity index (χ4v) is 2.91. The van der Waals surface area contributed by atoms with E-state index in [1.165, 1.54) is 18.6 Å². The van der Waals surface area contributed by atoms with Crippen molar-refractivity contribution in [2.24, 2.45) is 10.9 Å². The van der Waals surface area contributed by atoms with Crippen LogP contribution in [-0.4, -0.2) is 16.3 Å². The standard InChI is InChI=1S/C10H19NS/c1-5-7(3)10-11-8(4)9(6-2)12-10/h7,9-10H,5-6H2,1-4H3. The molecule has 1 aliphatic rings. The fourth-order valence-electron chi connectivity index (χ4n) is 1.44. The van der Waals surface area contributed by atoms with E-state index in [2.05, 4.69) is 27.7 Å². The Morgan fingerprint density at radius 2 is 2.17 bits per heavy atom. The van der Waals surface area contributed by atoms with Gasteiger partial charge < -0.3 is 0 Å². The van der Waals surface area contributed by atoms with E-state index in [0.717, 1.165) is 5.92 Å². The summed E-state index contributed by atoms with van der Waals surface area (Å²) in [7, 11) is 0. The van der Waals surface area contributed by atoms with Crippen LogP contribution in [0, 0.1) is 5.92 Å². The molecule has 0 N–H and O–H groups in total. The molecule has 0 fully saturated rings. The fraction of sp³-hybridized carbons (Fsp3) is 0.900. The second-order valence-electron chi connectivity index (χ2n) is 3.58. The zero-order valence-electron chi connectivity index (χ0n) is 8.50. The highest BCUT2D eigenvalue weighted by atomic mass is 32.2. The molecule has 1 rings (SSSR count). The Hall–Kier alpha value is 0.0200. The van der Waals surface area contributed by atoms with Crippen LogP contribution >= 0.6 is 11.8 Å². The normalized spacial score (nSPS) is 31.8. The van der Waals surface area contributed by atoms with Crippen LogP contribution in [0.25, 0.3) is 0 Å². The van der Waals surface area contributed by atoms with Crippen LogP contribution in [0.5, 0.6) is 0 Å². The topological polar surface area (TPSA) is 12.4 Å². The average Bonchev–Trinajstić information content (AvgIpc) is 2.45. The van der Waals surface area contributed by atoms with Crippen LogP contribution in [0.15, 0.2) is 4.99 Å². The van der Waals surface area contributed by atoms with Gasteiger partial charge in [-0.3, -0.25) is 4.99 Å². The van der Waals surface area contributed by atoms with Crippen LogP contribution in [0.1, 0.15) is 40.5 Å². The van der Waals surface area contributed by atoms with Crippen LogP contribution in [-0.2, 0) is 0 Å². The lowest BCUT2D eigenvalue weighted by molar-refractivity contribution is 0.549. The third-order valence-corrected chi connectivity index (χ3v) is 4.45. The zero-order valence-corrected chi connectivity index (χ0v) is 9.32. The maximum atomic E-state index is 4.69. The van der Waals surface area contributed by atoms with Crippen molar-refractivity contribution in [3.8, 4) is 0 Å². The van der Waals surface area contributed by atoms with Gasteiger partial charge in [0.2, 0.25) is 0 Å². The van der Waals surface area contributed by atoms with E-state index in [9.17, 15) is 0 Å². The Balaban J connectivity index is 2.53. The van der Waals surface area contributed by atoms with Crippen LogP contribution < -0.4 is 0 Å². The summed E-state index contributed by atoms with van der Waals surface area (Å²) in [4.78, 5) is 4.69. The van der Waals surface area contributed by atoms with E-state index < -0.39 is 0 Å². The molecule has 70 valence electrons. The molecule has 1 heterocycles. The SMILES string of the molecule is CCC1SC(C(C)CC)N=C1C. The van der Waals surface area contributed by atoms with Gasteiger partial charge in [-0.05, 0) is 19.3 Å². The van der Waals surface area contributed by atoms with Gasteiger partial charge >= 0.3 is 0 Å². The van der Waals surface area contributed by atoms with Crippen molar-refractivity contribution in [1.29, 1.82) is 0 Å². The number of aliphatic imine (C=N–C) groups is 1. The molecule has 0 aromatic heterocycles. The van der Waals surface area contributed by atoms with Gasteiger partial charge in [0.25, 0.3) is 0 Å². The Labute approximate surface area is 80.0 Å². The summed E-state index contributed by atoms with van der Waals surface area (Å²) in [6.07, 6.45) is 2.47. The molecule has 1 nitrogen and oxygen atoms in total. The zero-order chi connectivity index (χ0) is 9.14. The molecule has 0 saturated heterocycles. The smallest absolute Gasteiger partial charge is 0.0982 e. The second-order valence-corrected chi connectivity index (χ2v) is 4.90. The quantitative estimate of drug-likeness (QED) is 0.657. The maximum absolute atomic E-state index is 4.69. The highest BCUT2D eigenvalue weighted by Gasteiger charge is 2.27. The number of nitrogens with zero attached hydrogens (tertiary/aromatic N) is 1. The van der Waals surface area contributed by atoms with Crippen LogP contribution in [0.4, 0.5) is 0 Å². The highest BCUT2D eigenvalue weighted by Crippen LogP contribution is 2.35. The molecular formula is C10H19NS. The van der Waals surface area contributed by atoms with E-state index in [4.69, 9.17) is 4.99 Å². The van der Waals surface area contributed by atoms with Crippen molar-refractivity contribution in [3.63, 3.8) is 0 Å². The van der Waals surface area contributed by atoms with Crippen molar-refractivity contribution in [3.05, 3.63) is 0 Å². The molecule has 0 aromatic carbocycles. The summed E-state index contributed by atoms with van der Waals surface area (Å²) >= 11 is 2.05. The first-order chi connectivity index (χ1) is 5.69. The Kier molecular flexibility index (Phi) is 3.63. The summed E-state index contributed by atoms with van der Waals surface area (Å²) < 4.78 is 0. The summed E-state index contributed by atoms with van der Waals surface area (Å²) in [5.74, 6) is 0.737. The first-order valence-corrected chi connectivity index (χ1v) is 5.83. The molecule has 0 aromatic rings. The summed E-state index contributed by atoms with van der Waals surface area (Å²) in [6, 6.07) is 0. The summed E-state index contributed by atoms with van der Waals surface area (Å²) in [5, 5.41) is 1.24. The third-order valence-electron chi connectivity index (χ3n) is 2.60. The number of hydrogen-bond donors (Lipinski definition) is 0. The van der Waals surface area contributed by atoms with Gasteiger partial charge in [-0.15, -0.1) is 11.8 Å². The van der Waals surface area contributed by atoms with Crippen molar-refractivity contribution < 1.29 is 0 Å². The largest absolute Gasteiger partial charge is 0.279 e. The summed E-state index contributed by atoms with van der Waals surface area (Å²) in [5.41, 5.74) is 1.35. The predicted molar refractivity (Wildman–Crippen MR) is 58.0 cm³/mol. The van der Waals surface area contributed by atoms with E-state index in [-0.39, 0.29) is 0 Å². The monoisotopic (exact) mass is 185 g/mol. The first kappa shape index (κ1) is 10.1. The van der Waals surface area contributed by atoms with Crippen molar-refractivity contribution in [1.82, 2.24) is 0 Å². The van der Waals surface area contributed by atoms with Crippen molar-refractivity contribution in [2.75, 3.05) is 0 Å². The third kappa shape index (κ3) is 2.03. The Morgan fingerprint density at radius 3 is 2.58 bits per heavy atom. The van der Waals surface area contributed by atoms with Gasteiger partial charge in [-0.1, -0.05) is 27.2 Å². The average molecular weight is 185 g/mol. The van der Waals surface area contributed by atoms with Crippen molar-refractivity contribution >= 4 is 17.5 Å². The first-order valence-electron chi connectivity index (χ1n) is 4.88. The van der Waals surface area contributed by atoms with E-state index >= 15 is 0 Å². The predicted octanol–water partition coefficient (Wildman–Crippen LogP) is 3.34. The van der Waals surface area contributed by atoms with Gasteiger partial charge in [0.05, 0.1) is 5.37 Å². The molecule has 3 unspecified atom stereocenters. The van der Waals surface area contributed by atoms with Gasteiger partial charge in [0.15, 0.2) is 0 Å². The number of hydrogen-bond acceptors (Lipinski definition) is 2. The minimum absolute atomic E-state index is 0.542. The molecule has 0 aliphatic carbocycles. The van der Waals surface area contributed by atoms with E-state index in [0.29, 0.717) is 10.6 Å². The molecule has 0 bridgehead atoms. The lowest BCUT2D eigenvalue weighted by Gasteiger charge is -2.14. The van der Waals surface area contributed by atoms with Gasteiger partial charge in [-0.2, -0.15) is 0 Å². The van der Waals surface area contributed by atoms with Gasteiger partial charge in [0.1, 0.15) is 0 Å². The molecule has 0 spiro atoms.